The summed E-state index contributed by atoms with van der Waals surface area (Å²) in [7, 11) is -1.91. The Morgan fingerprint density at radius 1 is 1.29 bits per heavy atom. The Labute approximate surface area is 106 Å². The molecule has 1 unspecified atom stereocenters. The summed E-state index contributed by atoms with van der Waals surface area (Å²) in [5, 5.41) is 3.40. The Morgan fingerprint density at radius 2 is 2.00 bits per heavy atom. The summed E-state index contributed by atoms with van der Waals surface area (Å²) in [6, 6.07) is 7.37. The topological polar surface area (TPSA) is 58.2 Å². The fourth-order valence-corrected chi connectivity index (χ4v) is 3.61. The van der Waals surface area contributed by atoms with E-state index in [1.807, 2.05) is 23.9 Å². The molecule has 1 heterocycles. The molecule has 2 rings (SSSR count). The molecule has 94 valence electrons. The van der Waals surface area contributed by atoms with Gasteiger partial charge in [0.05, 0.1) is 4.90 Å². The van der Waals surface area contributed by atoms with Gasteiger partial charge in [-0.2, -0.15) is 11.8 Å². The molecule has 1 aliphatic heterocycles. The van der Waals surface area contributed by atoms with Crippen molar-refractivity contribution in [1.29, 1.82) is 0 Å². The minimum atomic E-state index is -3.32. The number of hydrogen-bond donors (Lipinski definition) is 2. The molecule has 0 aromatic heterocycles. The van der Waals surface area contributed by atoms with Crippen LogP contribution in [0.25, 0.3) is 0 Å². The number of nitrogens with one attached hydrogen (secondary N) is 2. The second-order valence-corrected chi connectivity index (χ2v) is 6.97. The van der Waals surface area contributed by atoms with Crippen LogP contribution in [0, 0.1) is 0 Å². The van der Waals surface area contributed by atoms with E-state index in [0.29, 0.717) is 10.9 Å². The predicted molar refractivity (Wildman–Crippen MR) is 72.0 cm³/mol. The maximum absolute atomic E-state index is 11.5. The van der Waals surface area contributed by atoms with Crippen LogP contribution in [0.5, 0.6) is 0 Å². The number of sulfonamides is 1. The molecule has 1 aromatic carbocycles. The lowest BCUT2D eigenvalue weighted by Gasteiger charge is -2.13. The average Bonchev–Trinajstić information content (AvgIpc) is 2.83. The second-order valence-electron chi connectivity index (χ2n) is 3.94. The van der Waals surface area contributed by atoms with Crippen LogP contribution in [0.3, 0.4) is 0 Å². The van der Waals surface area contributed by atoms with E-state index in [-0.39, 0.29) is 0 Å². The lowest BCUT2D eigenvalue weighted by Crippen LogP contribution is -2.19. The molecule has 0 radical (unpaired) electrons. The van der Waals surface area contributed by atoms with E-state index in [0.717, 1.165) is 11.4 Å². The Bertz CT molecular complexity index is 465. The summed E-state index contributed by atoms with van der Waals surface area (Å²) >= 11 is 1.94. The molecule has 0 aliphatic carbocycles. The number of anilines is 1. The maximum atomic E-state index is 11.5. The number of hydrogen-bond acceptors (Lipinski definition) is 4. The van der Waals surface area contributed by atoms with Crippen LogP contribution in [0.15, 0.2) is 29.2 Å². The molecule has 0 saturated carbocycles. The standard InChI is InChI=1S/C11H16N2O2S2/c1-12-17(14,15)11-4-2-9(3-5-11)13-10-6-7-16-8-10/h2-5,10,12-13H,6-8H2,1H3. The zero-order chi connectivity index (χ0) is 12.3. The summed E-state index contributed by atoms with van der Waals surface area (Å²) in [5.74, 6) is 2.32. The molecule has 1 aliphatic rings. The van der Waals surface area contributed by atoms with Crippen molar-refractivity contribution in [2.24, 2.45) is 0 Å². The largest absolute Gasteiger partial charge is 0.381 e. The van der Waals surface area contributed by atoms with Crippen molar-refractivity contribution >= 4 is 27.5 Å². The van der Waals surface area contributed by atoms with Crippen LogP contribution in [0.4, 0.5) is 5.69 Å². The maximum Gasteiger partial charge on any atom is 0.240 e. The molecule has 6 heteroatoms. The fourth-order valence-electron chi connectivity index (χ4n) is 1.73. The highest BCUT2D eigenvalue weighted by atomic mass is 32.2. The van der Waals surface area contributed by atoms with E-state index in [1.165, 1.54) is 19.2 Å². The predicted octanol–water partition coefficient (Wildman–Crippen LogP) is 1.51. The molecule has 2 N–H and O–H groups in total. The third kappa shape index (κ3) is 3.14. The first kappa shape index (κ1) is 12.7. The highest BCUT2D eigenvalue weighted by Gasteiger charge is 2.15. The van der Waals surface area contributed by atoms with Crippen LogP contribution in [0.1, 0.15) is 6.42 Å². The minimum Gasteiger partial charge on any atom is -0.381 e. The van der Waals surface area contributed by atoms with Gasteiger partial charge in [0, 0.05) is 17.5 Å². The molecule has 0 spiro atoms. The summed E-state index contributed by atoms with van der Waals surface area (Å²) in [6.07, 6.45) is 1.17. The monoisotopic (exact) mass is 272 g/mol. The van der Waals surface area contributed by atoms with E-state index in [4.69, 9.17) is 0 Å². The van der Waals surface area contributed by atoms with Crippen LogP contribution < -0.4 is 10.0 Å². The van der Waals surface area contributed by atoms with Gasteiger partial charge in [-0.15, -0.1) is 0 Å². The Kier molecular flexibility index (Phi) is 3.96. The van der Waals surface area contributed by atoms with E-state index >= 15 is 0 Å². The first-order valence-electron chi connectivity index (χ1n) is 5.50. The number of benzene rings is 1. The molecule has 4 nitrogen and oxygen atoms in total. The van der Waals surface area contributed by atoms with Gasteiger partial charge in [0.25, 0.3) is 0 Å². The van der Waals surface area contributed by atoms with Crippen molar-refractivity contribution in [3.63, 3.8) is 0 Å². The molecule has 1 aromatic rings. The first-order chi connectivity index (χ1) is 8.12. The van der Waals surface area contributed by atoms with Gasteiger partial charge in [0.1, 0.15) is 0 Å². The molecule has 0 bridgehead atoms. The average molecular weight is 272 g/mol. The van der Waals surface area contributed by atoms with E-state index in [9.17, 15) is 8.42 Å². The van der Waals surface area contributed by atoms with Gasteiger partial charge >= 0.3 is 0 Å². The third-order valence-corrected chi connectivity index (χ3v) is 5.33. The lowest BCUT2D eigenvalue weighted by atomic mass is 10.2. The molecule has 1 atom stereocenters. The number of thioether (sulfide) groups is 1. The van der Waals surface area contributed by atoms with Gasteiger partial charge in [0.2, 0.25) is 10.0 Å². The van der Waals surface area contributed by atoms with Crippen LogP contribution >= 0.6 is 11.8 Å². The lowest BCUT2D eigenvalue weighted by molar-refractivity contribution is 0.588. The fraction of sp³-hybridized carbons (Fsp3) is 0.455. The summed E-state index contributed by atoms with van der Waals surface area (Å²) in [5.41, 5.74) is 0.979. The van der Waals surface area contributed by atoms with E-state index < -0.39 is 10.0 Å². The van der Waals surface area contributed by atoms with Crippen molar-refractivity contribution in [3.8, 4) is 0 Å². The highest BCUT2D eigenvalue weighted by Crippen LogP contribution is 2.22. The van der Waals surface area contributed by atoms with Crippen molar-refractivity contribution < 1.29 is 8.42 Å². The van der Waals surface area contributed by atoms with Crippen molar-refractivity contribution in [1.82, 2.24) is 4.72 Å². The smallest absolute Gasteiger partial charge is 0.240 e. The first-order valence-corrected chi connectivity index (χ1v) is 8.13. The van der Waals surface area contributed by atoms with Crippen molar-refractivity contribution in [3.05, 3.63) is 24.3 Å². The Morgan fingerprint density at radius 3 is 2.53 bits per heavy atom. The van der Waals surface area contributed by atoms with E-state index in [2.05, 4.69) is 10.0 Å². The molecule has 0 amide bonds. The highest BCUT2D eigenvalue weighted by molar-refractivity contribution is 7.99. The normalized spacial score (nSPS) is 20.4. The quantitative estimate of drug-likeness (QED) is 0.872. The van der Waals surface area contributed by atoms with Gasteiger partial charge in [-0.25, -0.2) is 13.1 Å². The molecule has 1 fully saturated rings. The van der Waals surface area contributed by atoms with Crippen LogP contribution in [0.2, 0.25) is 0 Å². The second kappa shape index (κ2) is 5.29. The zero-order valence-electron chi connectivity index (χ0n) is 9.64. The van der Waals surface area contributed by atoms with Crippen molar-refractivity contribution in [2.75, 3.05) is 23.9 Å². The molecule has 17 heavy (non-hydrogen) atoms. The Hall–Kier alpha value is -0.720. The van der Waals surface area contributed by atoms with Gasteiger partial charge in [0.15, 0.2) is 0 Å². The van der Waals surface area contributed by atoms with Crippen LogP contribution in [-0.2, 0) is 10.0 Å². The van der Waals surface area contributed by atoms with Gasteiger partial charge < -0.3 is 5.32 Å². The summed E-state index contributed by atoms with van der Waals surface area (Å²) in [4.78, 5) is 0.298. The Balaban J connectivity index is 2.07. The number of rotatable bonds is 4. The van der Waals surface area contributed by atoms with Crippen LogP contribution in [-0.4, -0.2) is 33.0 Å². The summed E-state index contributed by atoms with van der Waals surface area (Å²) in [6.45, 7) is 0. The molecule has 1 saturated heterocycles. The van der Waals surface area contributed by atoms with Gasteiger partial charge in [-0.1, -0.05) is 0 Å². The minimum absolute atomic E-state index is 0.298. The third-order valence-electron chi connectivity index (χ3n) is 2.73. The SMILES string of the molecule is CNS(=O)(=O)c1ccc(NC2CCSC2)cc1. The van der Waals surface area contributed by atoms with Gasteiger partial charge in [-0.3, -0.25) is 0 Å². The van der Waals surface area contributed by atoms with Gasteiger partial charge in [-0.05, 0) is 43.5 Å². The molecular formula is C11H16N2O2S2. The molecular weight excluding hydrogens is 256 g/mol. The zero-order valence-corrected chi connectivity index (χ0v) is 11.3. The van der Waals surface area contributed by atoms with E-state index in [1.54, 1.807) is 12.1 Å². The summed E-state index contributed by atoms with van der Waals surface area (Å²) < 4.78 is 25.3. The van der Waals surface area contributed by atoms with Crippen molar-refractivity contribution in [2.45, 2.75) is 17.4 Å².